The molecule has 1 aromatic carbocycles. The summed E-state index contributed by atoms with van der Waals surface area (Å²) in [6, 6.07) is 8.28. The Bertz CT molecular complexity index is 615. The summed E-state index contributed by atoms with van der Waals surface area (Å²) < 4.78 is 5.91. The van der Waals surface area contributed by atoms with E-state index < -0.39 is 5.41 Å². The van der Waals surface area contributed by atoms with Gasteiger partial charge in [-0.05, 0) is 60.6 Å². The van der Waals surface area contributed by atoms with E-state index in [0.29, 0.717) is 11.7 Å². The Hall–Kier alpha value is -1.31. The summed E-state index contributed by atoms with van der Waals surface area (Å²) in [4.78, 5) is 13.2. The molecule has 29 heavy (non-hydrogen) atoms. The number of rotatable bonds is 10. The molecule has 166 valence electrons. The average Bonchev–Trinajstić information content (AvgIpc) is 2.59. The van der Waals surface area contributed by atoms with E-state index in [0.717, 1.165) is 6.42 Å². The van der Waals surface area contributed by atoms with Gasteiger partial charge in [-0.3, -0.25) is 4.79 Å². The zero-order valence-corrected chi connectivity index (χ0v) is 20.7. The van der Waals surface area contributed by atoms with Gasteiger partial charge in [-0.15, -0.1) is 0 Å². The molecule has 0 aliphatic rings. The van der Waals surface area contributed by atoms with Crippen LogP contribution in [-0.2, 0) is 4.79 Å². The van der Waals surface area contributed by atoms with Crippen LogP contribution in [0.5, 0.6) is 5.75 Å². The molecular formula is C27H46O2. The SMILES string of the molecule is CCCCCC(CCC)c1ccc(OC(=O)C(C)(CC(C)(C)C)C(C)(C)C)cc1. The lowest BCUT2D eigenvalue weighted by Crippen LogP contribution is -2.45. The molecule has 0 N–H and O–H groups in total. The van der Waals surface area contributed by atoms with Crippen LogP contribution in [0.4, 0.5) is 0 Å². The highest BCUT2D eigenvalue weighted by molar-refractivity contribution is 5.79. The van der Waals surface area contributed by atoms with Gasteiger partial charge in [0.2, 0.25) is 0 Å². The van der Waals surface area contributed by atoms with E-state index in [9.17, 15) is 4.79 Å². The lowest BCUT2D eigenvalue weighted by atomic mass is 9.61. The van der Waals surface area contributed by atoms with Gasteiger partial charge in [0.25, 0.3) is 0 Å². The number of unbranched alkanes of at least 4 members (excludes halogenated alkanes) is 2. The van der Waals surface area contributed by atoms with Crippen molar-refractivity contribution in [2.24, 2.45) is 16.2 Å². The van der Waals surface area contributed by atoms with E-state index in [1.807, 2.05) is 12.1 Å². The number of carbonyl (C=O) groups excluding carboxylic acids is 1. The monoisotopic (exact) mass is 402 g/mol. The van der Waals surface area contributed by atoms with Crippen molar-refractivity contribution in [1.29, 1.82) is 0 Å². The third kappa shape index (κ3) is 7.79. The van der Waals surface area contributed by atoms with E-state index in [4.69, 9.17) is 4.74 Å². The molecule has 2 heteroatoms. The van der Waals surface area contributed by atoms with Crippen LogP contribution in [0.1, 0.15) is 119 Å². The van der Waals surface area contributed by atoms with Gasteiger partial charge in [-0.2, -0.15) is 0 Å². The summed E-state index contributed by atoms with van der Waals surface area (Å²) in [5, 5.41) is 0. The van der Waals surface area contributed by atoms with Crippen LogP contribution in [0, 0.1) is 16.2 Å². The molecule has 0 saturated carbocycles. The Balaban J connectivity index is 2.95. The molecule has 0 saturated heterocycles. The molecular weight excluding hydrogens is 356 g/mol. The maximum atomic E-state index is 13.2. The normalized spacial score (nSPS) is 15.6. The van der Waals surface area contributed by atoms with Gasteiger partial charge >= 0.3 is 5.97 Å². The van der Waals surface area contributed by atoms with Crippen molar-refractivity contribution in [1.82, 2.24) is 0 Å². The summed E-state index contributed by atoms with van der Waals surface area (Å²) in [7, 11) is 0. The second-order valence-electron chi connectivity index (χ2n) is 11.3. The first kappa shape index (κ1) is 25.7. The molecule has 0 heterocycles. The van der Waals surface area contributed by atoms with Crippen molar-refractivity contribution in [3.63, 3.8) is 0 Å². The Morgan fingerprint density at radius 3 is 1.90 bits per heavy atom. The van der Waals surface area contributed by atoms with Crippen molar-refractivity contribution < 1.29 is 9.53 Å². The highest BCUT2D eigenvalue weighted by Gasteiger charge is 2.47. The van der Waals surface area contributed by atoms with Gasteiger partial charge in [0.1, 0.15) is 5.75 Å². The minimum absolute atomic E-state index is 0.0524. The van der Waals surface area contributed by atoms with Crippen molar-refractivity contribution in [2.45, 2.75) is 113 Å². The molecule has 2 nitrogen and oxygen atoms in total. The molecule has 0 fully saturated rings. The van der Waals surface area contributed by atoms with E-state index in [-0.39, 0.29) is 16.8 Å². The van der Waals surface area contributed by atoms with E-state index in [2.05, 4.69) is 74.4 Å². The van der Waals surface area contributed by atoms with Crippen LogP contribution in [-0.4, -0.2) is 5.97 Å². The van der Waals surface area contributed by atoms with Gasteiger partial charge < -0.3 is 4.74 Å². The number of esters is 1. The van der Waals surface area contributed by atoms with Crippen molar-refractivity contribution >= 4 is 5.97 Å². The fourth-order valence-corrected chi connectivity index (χ4v) is 4.20. The van der Waals surface area contributed by atoms with Crippen molar-refractivity contribution in [3.8, 4) is 5.75 Å². The van der Waals surface area contributed by atoms with Crippen molar-refractivity contribution in [3.05, 3.63) is 29.8 Å². The second kappa shape index (κ2) is 10.6. The van der Waals surface area contributed by atoms with Crippen molar-refractivity contribution in [2.75, 3.05) is 0 Å². The molecule has 0 spiro atoms. The molecule has 2 unspecified atom stereocenters. The van der Waals surface area contributed by atoms with Gasteiger partial charge in [-0.25, -0.2) is 0 Å². The van der Waals surface area contributed by atoms with Gasteiger partial charge in [-0.1, -0.05) is 93.2 Å². The number of hydrogen-bond donors (Lipinski definition) is 0. The molecule has 0 amide bonds. The summed E-state index contributed by atoms with van der Waals surface area (Å²) >= 11 is 0. The molecule has 0 bridgehead atoms. The minimum atomic E-state index is -0.547. The largest absolute Gasteiger partial charge is 0.426 e. The molecule has 0 aliphatic heterocycles. The summed E-state index contributed by atoms with van der Waals surface area (Å²) in [6.45, 7) is 19.5. The molecule has 0 aliphatic carbocycles. The highest BCUT2D eigenvalue weighted by atomic mass is 16.5. The summed E-state index contributed by atoms with van der Waals surface area (Å²) in [5.41, 5.74) is 0.699. The van der Waals surface area contributed by atoms with Crippen LogP contribution in [0.2, 0.25) is 0 Å². The lowest BCUT2D eigenvalue weighted by Gasteiger charge is -2.43. The van der Waals surface area contributed by atoms with Gasteiger partial charge in [0.05, 0.1) is 5.41 Å². The smallest absolute Gasteiger partial charge is 0.317 e. The Morgan fingerprint density at radius 1 is 0.862 bits per heavy atom. The third-order valence-electron chi connectivity index (χ3n) is 6.35. The maximum Gasteiger partial charge on any atom is 0.317 e. The molecule has 0 aromatic heterocycles. The highest BCUT2D eigenvalue weighted by Crippen LogP contribution is 2.47. The standard InChI is InChI=1S/C27H46O2/c1-10-12-13-15-21(14-11-2)22-16-18-23(19-17-22)29-24(28)27(9,26(6,7)8)20-25(3,4)5/h16-19,21H,10-15,20H2,1-9H3. The number of ether oxygens (including phenoxy) is 1. The van der Waals surface area contributed by atoms with Crippen LogP contribution < -0.4 is 4.74 Å². The molecule has 1 rings (SSSR count). The third-order valence-corrected chi connectivity index (χ3v) is 6.35. The predicted octanol–water partition coefficient (Wildman–Crippen LogP) is 8.54. The quantitative estimate of drug-likeness (QED) is 0.222. The van der Waals surface area contributed by atoms with E-state index in [1.165, 1.54) is 44.1 Å². The number of hydrogen-bond acceptors (Lipinski definition) is 2. The maximum absolute atomic E-state index is 13.2. The Labute approximate surface area is 180 Å². The second-order valence-corrected chi connectivity index (χ2v) is 11.3. The summed E-state index contributed by atoms with van der Waals surface area (Å²) in [6.07, 6.45) is 8.30. The molecule has 2 atom stereocenters. The van der Waals surface area contributed by atoms with Gasteiger partial charge in [0, 0.05) is 0 Å². The van der Waals surface area contributed by atoms with Crippen LogP contribution in [0.25, 0.3) is 0 Å². The first-order valence-electron chi connectivity index (χ1n) is 11.7. The fraction of sp³-hybridized carbons (Fsp3) is 0.741. The molecule has 0 radical (unpaired) electrons. The van der Waals surface area contributed by atoms with Crippen LogP contribution in [0.3, 0.4) is 0 Å². The first-order valence-corrected chi connectivity index (χ1v) is 11.7. The lowest BCUT2D eigenvalue weighted by molar-refractivity contribution is -0.154. The zero-order chi connectivity index (χ0) is 22.3. The topological polar surface area (TPSA) is 26.3 Å². The first-order chi connectivity index (χ1) is 13.3. The van der Waals surface area contributed by atoms with E-state index in [1.54, 1.807) is 0 Å². The van der Waals surface area contributed by atoms with E-state index >= 15 is 0 Å². The Kier molecular flexibility index (Phi) is 9.44. The minimum Gasteiger partial charge on any atom is -0.426 e. The average molecular weight is 403 g/mol. The number of benzene rings is 1. The van der Waals surface area contributed by atoms with Gasteiger partial charge in [0.15, 0.2) is 0 Å². The summed E-state index contributed by atoms with van der Waals surface area (Å²) in [5.74, 6) is 1.14. The van der Waals surface area contributed by atoms with Crippen LogP contribution in [0.15, 0.2) is 24.3 Å². The Morgan fingerprint density at radius 2 is 1.45 bits per heavy atom. The molecule has 1 aromatic rings. The predicted molar refractivity (Wildman–Crippen MR) is 126 cm³/mol. The number of carbonyl (C=O) groups is 1. The zero-order valence-electron chi connectivity index (χ0n) is 20.7. The van der Waals surface area contributed by atoms with Crippen LogP contribution >= 0.6 is 0 Å². The fourth-order valence-electron chi connectivity index (χ4n) is 4.20.